The van der Waals surface area contributed by atoms with Crippen LogP contribution < -0.4 is 16.4 Å². The molecule has 18 heavy (non-hydrogen) atoms. The summed E-state index contributed by atoms with van der Waals surface area (Å²) in [7, 11) is 1.70. The Morgan fingerprint density at radius 1 is 1.56 bits per heavy atom. The molecule has 8 heteroatoms. The molecule has 0 spiro atoms. The minimum atomic E-state index is -0.706. The van der Waals surface area contributed by atoms with Crippen LogP contribution in [0.5, 0.6) is 0 Å². The summed E-state index contributed by atoms with van der Waals surface area (Å²) in [5, 5.41) is 24.6. The average molecular weight is 255 g/mol. The molecule has 0 bridgehead atoms. The van der Waals surface area contributed by atoms with Crippen LogP contribution in [0.1, 0.15) is 6.42 Å². The highest BCUT2D eigenvalue weighted by molar-refractivity contribution is 5.75. The third-order valence-electron chi connectivity index (χ3n) is 2.80. The number of nitrogens with zero attached hydrogens (tertiary/aromatic N) is 2. The molecule has 1 saturated heterocycles. The van der Waals surface area contributed by atoms with Crippen molar-refractivity contribution < 1.29 is 14.9 Å². The standard InChI is InChI=1S/C10H17N5O3/c1-12-7-8(11)13-4-14-9(7)15-10-6(17)2-5(3-16)18-10/h4-6,10,12,16-17H,2-3H2,1H3,(H3,11,13,14,15). The number of anilines is 3. The Labute approximate surface area is 104 Å². The molecular formula is C10H17N5O3. The highest BCUT2D eigenvalue weighted by Gasteiger charge is 2.34. The number of aliphatic hydroxyl groups is 2. The maximum atomic E-state index is 9.79. The molecule has 3 atom stereocenters. The average Bonchev–Trinajstić information content (AvgIpc) is 2.71. The van der Waals surface area contributed by atoms with Gasteiger partial charge in [0.25, 0.3) is 0 Å². The summed E-state index contributed by atoms with van der Waals surface area (Å²) in [5.41, 5.74) is 6.24. The summed E-state index contributed by atoms with van der Waals surface area (Å²) in [4.78, 5) is 7.90. The van der Waals surface area contributed by atoms with Gasteiger partial charge in [0.2, 0.25) is 0 Å². The highest BCUT2D eigenvalue weighted by atomic mass is 16.5. The SMILES string of the molecule is CNc1c(N)ncnc1NC1OC(CO)CC1O. The molecule has 2 heterocycles. The lowest BCUT2D eigenvalue weighted by Gasteiger charge is -2.19. The highest BCUT2D eigenvalue weighted by Crippen LogP contribution is 2.27. The van der Waals surface area contributed by atoms with Crippen molar-refractivity contribution in [1.29, 1.82) is 0 Å². The largest absolute Gasteiger partial charge is 0.394 e. The first-order valence-corrected chi connectivity index (χ1v) is 5.64. The van der Waals surface area contributed by atoms with Gasteiger partial charge in [-0.3, -0.25) is 0 Å². The zero-order valence-corrected chi connectivity index (χ0v) is 10.00. The van der Waals surface area contributed by atoms with Gasteiger partial charge in [-0.15, -0.1) is 0 Å². The molecule has 1 aromatic rings. The second-order valence-electron chi connectivity index (χ2n) is 4.04. The fraction of sp³-hybridized carbons (Fsp3) is 0.600. The minimum absolute atomic E-state index is 0.125. The van der Waals surface area contributed by atoms with E-state index in [-0.39, 0.29) is 12.7 Å². The van der Waals surface area contributed by atoms with E-state index in [9.17, 15) is 5.11 Å². The number of ether oxygens (including phenoxy) is 1. The quantitative estimate of drug-likeness (QED) is 0.463. The number of rotatable bonds is 4. The number of hydrogen-bond acceptors (Lipinski definition) is 8. The van der Waals surface area contributed by atoms with Crippen LogP contribution in [0, 0.1) is 0 Å². The summed E-state index contributed by atoms with van der Waals surface area (Å²) < 4.78 is 5.43. The zero-order valence-electron chi connectivity index (χ0n) is 10.00. The molecule has 0 aromatic carbocycles. The molecule has 0 amide bonds. The monoisotopic (exact) mass is 255 g/mol. The Morgan fingerprint density at radius 3 is 2.94 bits per heavy atom. The van der Waals surface area contributed by atoms with Crippen molar-refractivity contribution in [2.24, 2.45) is 0 Å². The van der Waals surface area contributed by atoms with Gasteiger partial charge in [0.05, 0.1) is 12.7 Å². The van der Waals surface area contributed by atoms with Gasteiger partial charge in [0.15, 0.2) is 17.9 Å². The van der Waals surface area contributed by atoms with Crippen molar-refractivity contribution >= 4 is 17.3 Å². The van der Waals surface area contributed by atoms with Gasteiger partial charge in [-0.2, -0.15) is 0 Å². The molecule has 1 aliphatic rings. The number of nitrogens with two attached hydrogens (primary N) is 1. The molecule has 8 nitrogen and oxygen atoms in total. The molecule has 0 aliphatic carbocycles. The van der Waals surface area contributed by atoms with E-state index in [1.165, 1.54) is 6.33 Å². The summed E-state index contributed by atoms with van der Waals surface area (Å²) in [6.07, 6.45) is 0.00815. The van der Waals surface area contributed by atoms with Crippen molar-refractivity contribution in [2.45, 2.75) is 24.9 Å². The van der Waals surface area contributed by atoms with Crippen LogP contribution in [0.3, 0.4) is 0 Å². The van der Waals surface area contributed by atoms with E-state index in [1.54, 1.807) is 7.05 Å². The second-order valence-corrected chi connectivity index (χ2v) is 4.04. The number of nitrogen functional groups attached to an aromatic ring is 1. The van der Waals surface area contributed by atoms with Crippen molar-refractivity contribution in [1.82, 2.24) is 9.97 Å². The van der Waals surface area contributed by atoms with Crippen LogP contribution in [0.15, 0.2) is 6.33 Å². The normalized spacial score (nSPS) is 27.2. The molecule has 1 aliphatic heterocycles. The van der Waals surface area contributed by atoms with Gasteiger partial charge < -0.3 is 31.3 Å². The Hall–Kier alpha value is -1.64. The van der Waals surface area contributed by atoms with Crippen molar-refractivity contribution in [3.63, 3.8) is 0 Å². The van der Waals surface area contributed by atoms with Gasteiger partial charge in [0.1, 0.15) is 18.1 Å². The maximum absolute atomic E-state index is 9.79. The van der Waals surface area contributed by atoms with Crippen LogP contribution in [-0.4, -0.2) is 52.3 Å². The van der Waals surface area contributed by atoms with E-state index >= 15 is 0 Å². The first-order valence-electron chi connectivity index (χ1n) is 5.64. The van der Waals surface area contributed by atoms with E-state index in [4.69, 9.17) is 15.6 Å². The van der Waals surface area contributed by atoms with E-state index in [0.29, 0.717) is 23.7 Å². The number of aliphatic hydroxyl groups excluding tert-OH is 2. The van der Waals surface area contributed by atoms with Crippen molar-refractivity contribution in [2.75, 3.05) is 30.0 Å². The predicted octanol–water partition coefficient (Wildman–Crippen LogP) is -1.02. The Balaban J connectivity index is 2.12. The third-order valence-corrected chi connectivity index (χ3v) is 2.80. The minimum Gasteiger partial charge on any atom is -0.394 e. The lowest BCUT2D eigenvalue weighted by Crippen LogP contribution is -2.30. The molecule has 6 N–H and O–H groups in total. The summed E-state index contributed by atoms with van der Waals surface area (Å²) in [5.74, 6) is 0.758. The molecule has 2 rings (SSSR count). The molecular weight excluding hydrogens is 238 g/mol. The van der Waals surface area contributed by atoms with E-state index in [1.807, 2.05) is 0 Å². The maximum Gasteiger partial charge on any atom is 0.157 e. The van der Waals surface area contributed by atoms with Gasteiger partial charge in [-0.05, 0) is 0 Å². The van der Waals surface area contributed by atoms with Crippen molar-refractivity contribution in [3.8, 4) is 0 Å². The van der Waals surface area contributed by atoms with Crippen LogP contribution >= 0.6 is 0 Å². The summed E-state index contributed by atoms with van der Waals surface area (Å²) in [6, 6.07) is 0. The lowest BCUT2D eigenvalue weighted by molar-refractivity contribution is 0.00518. The van der Waals surface area contributed by atoms with E-state index in [0.717, 1.165) is 0 Å². The fourth-order valence-electron chi connectivity index (χ4n) is 1.88. The molecule has 0 saturated carbocycles. The van der Waals surface area contributed by atoms with Gasteiger partial charge in [0, 0.05) is 13.5 Å². The van der Waals surface area contributed by atoms with Crippen LogP contribution in [0.2, 0.25) is 0 Å². The molecule has 1 fully saturated rings. The van der Waals surface area contributed by atoms with Crippen molar-refractivity contribution in [3.05, 3.63) is 6.33 Å². The van der Waals surface area contributed by atoms with Crippen LogP contribution in [-0.2, 0) is 4.74 Å². The second kappa shape index (κ2) is 5.34. The third kappa shape index (κ3) is 2.45. The van der Waals surface area contributed by atoms with Gasteiger partial charge in [-0.1, -0.05) is 0 Å². The summed E-state index contributed by atoms with van der Waals surface area (Å²) in [6.45, 7) is -0.125. The Bertz CT molecular complexity index is 416. The first kappa shape index (κ1) is 12.8. The Morgan fingerprint density at radius 2 is 2.33 bits per heavy atom. The summed E-state index contributed by atoms with van der Waals surface area (Å²) >= 11 is 0. The number of aromatic nitrogens is 2. The van der Waals surface area contributed by atoms with Gasteiger partial charge >= 0.3 is 0 Å². The van der Waals surface area contributed by atoms with Crippen LogP contribution in [0.25, 0.3) is 0 Å². The van der Waals surface area contributed by atoms with E-state index in [2.05, 4.69) is 20.6 Å². The molecule has 0 radical (unpaired) electrons. The number of hydrogen-bond donors (Lipinski definition) is 5. The predicted molar refractivity (Wildman–Crippen MR) is 66.0 cm³/mol. The number of nitrogens with one attached hydrogen (secondary N) is 2. The van der Waals surface area contributed by atoms with Crippen LogP contribution in [0.4, 0.5) is 17.3 Å². The smallest absolute Gasteiger partial charge is 0.157 e. The topological polar surface area (TPSA) is 126 Å². The Kier molecular flexibility index (Phi) is 3.80. The molecule has 3 unspecified atom stereocenters. The molecule has 100 valence electrons. The van der Waals surface area contributed by atoms with E-state index < -0.39 is 12.3 Å². The van der Waals surface area contributed by atoms with Gasteiger partial charge in [-0.25, -0.2) is 9.97 Å². The lowest BCUT2D eigenvalue weighted by atomic mass is 10.2. The molecule has 1 aromatic heterocycles. The zero-order chi connectivity index (χ0) is 13.1. The fourth-order valence-corrected chi connectivity index (χ4v) is 1.88. The first-order chi connectivity index (χ1) is 8.65.